The van der Waals surface area contributed by atoms with Crippen LogP contribution in [0.1, 0.15) is 39.2 Å². The van der Waals surface area contributed by atoms with Crippen LogP contribution in [0.4, 0.5) is 5.82 Å². The molecule has 0 aliphatic carbocycles. The average molecular weight is 235 g/mol. The van der Waals surface area contributed by atoms with E-state index < -0.39 is 0 Å². The van der Waals surface area contributed by atoms with Crippen molar-refractivity contribution in [3.8, 4) is 0 Å². The first-order valence-corrected chi connectivity index (χ1v) is 6.72. The molecule has 96 valence electrons. The van der Waals surface area contributed by atoms with Gasteiger partial charge in [0, 0.05) is 25.8 Å². The Labute approximate surface area is 105 Å². The summed E-state index contributed by atoms with van der Waals surface area (Å²) in [5, 5.41) is 3.35. The Balaban J connectivity index is 2.66. The fourth-order valence-corrected chi connectivity index (χ4v) is 1.80. The second kappa shape index (κ2) is 8.07. The molecule has 0 aliphatic rings. The van der Waals surface area contributed by atoms with Gasteiger partial charge >= 0.3 is 0 Å². The molecular weight excluding hydrogens is 210 g/mol. The van der Waals surface area contributed by atoms with Gasteiger partial charge in [-0.2, -0.15) is 0 Å². The number of hydrogen-bond donors (Lipinski definition) is 1. The molecule has 1 aromatic heterocycles. The van der Waals surface area contributed by atoms with Gasteiger partial charge < -0.3 is 10.2 Å². The number of pyridine rings is 1. The molecule has 0 saturated carbocycles. The highest BCUT2D eigenvalue weighted by atomic mass is 15.2. The van der Waals surface area contributed by atoms with Crippen molar-refractivity contribution < 1.29 is 0 Å². The van der Waals surface area contributed by atoms with E-state index in [1.807, 2.05) is 6.20 Å². The van der Waals surface area contributed by atoms with E-state index in [4.69, 9.17) is 0 Å². The zero-order valence-electron chi connectivity index (χ0n) is 11.4. The number of unbranched alkanes of at least 4 members (excludes halogenated alkanes) is 1. The maximum Gasteiger partial charge on any atom is 0.128 e. The van der Waals surface area contributed by atoms with Gasteiger partial charge in [0.2, 0.25) is 0 Å². The van der Waals surface area contributed by atoms with Crippen molar-refractivity contribution in [2.24, 2.45) is 0 Å². The van der Waals surface area contributed by atoms with Gasteiger partial charge in [-0.25, -0.2) is 4.98 Å². The van der Waals surface area contributed by atoms with Gasteiger partial charge in [0.1, 0.15) is 5.82 Å². The highest BCUT2D eigenvalue weighted by Crippen LogP contribution is 2.13. The zero-order chi connectivity index (χ0) is 12.5. The van der Waals surface area contributed by atoms with Crippen LogP contribution in [0.3, 0.4) is 0 Å². The first kappa shape index (κ1) is 14.0. The number of nitrogens with zero attached hydrogens (tertiary/aromatic N) is 2. The average Bonchev–Trinajstić information content (AvgIpc) is 2.38. The molecule has 0 aromatic carbocycles. The topological polar surface area (TPSA) is 28.2 Å². The van der Waals surface area contributed by atoms with Crippen molar-refractivity contribution in [1.29, 1.82) is 0 Å². The SMILES string of the molecule is CCCCN(CC)c1cc(CNCC)ccn1. The number of hydrogen-bond acceptors (Lipinski definition) is 3. The molecule has 1 rings (SSSR count). The molecular formula is C14H25N3. The molecule has 0 fully saturated rings. The van der Waals surface area contributed by atoms with E-state index in [1.54, 1.807) is 0 Å². The Morgan fingerprint density at radius 2 is 2.12 bits per heavy atom. The molecule has 0 aliphatic heterocycles. The Bertz CT molecular complexity index is 312. The standard InChI is InChI=1S/C14H25N3/c1-4-7-10-17(6-3)14-11-13(8-9-16-14)12-15-5-2/h8-9,11,15H,4-7,10,12H2,1-3H3. The third kappa shape index (κ3) is 4.73. The fraction of sp³-hybridized carbons (Fsp3) is 0.643. The Hall–Kier alpha value is -1.09. The Kier molecular flexibility index (Phi) is 6.63. The van der Waals surface area contributed by atoms with E-state index in [0.717, 1.165) is 32.0 Å². The van der Waals surface area contributed by atoms with E-state index in [1.165, 1.54) is 18.4 Å². The number of rotatable bonds is 8. The fourth-order valence-electron chi connectivity index (χ4n) is 1.80. The van der Waals surface area contributed by atoms with Crippen LogP contribution in [-0.2, 0) is 6.54 Å². The van der Waals surface area contributed by atoms with Crippen LogP contribution in [0.15, 0.2) is 18.3 Å². The van der Waals surface area contributed by atoms with Gasteiger partial charge in [0.15, 0.2) is 0 Å². The summed E-state index contributed by atoms with van der Waals surface area (Å²) in [5.41, 5.74) is 1.31. The highest BCUT2D eigenvalue weighted by Gasteiger charge is 2.05. The lowest BCUT2D eigenvalue weighted by Crippen LogP contribution is -2.25. The van der Waals surface area contributed by atoms with E-state index >= 15 is 0 Å². The first-order valence-electron chi connectivity index (χ1n) is 6.72. The maximum atomic E-state index is 4.47. The van der Waals surface area contributed by atoms with Crippen molar-refractivity contribution in [2.75, 3.05) is 24.5 Å². The van der Waals surface area contributed by atoms with Crippen molar-refractivity contribution >= 4 is 5.82 Å². The lowest BCUT2D eigenvalue weighted by molar-refractivity contribution is 0.713. The normalized spacial score (nSPS) is 10.5. The number of nitrogens with one attached hydrogen (secondary N) is 1. The van der Waals surface area contributed by atoms with Crippen LogP contribution in [0.25, 0.3) is 0 Å². The van der Waals surface area contributed by atoms with Crippen LogP contribution in [0, 0.1) is 0 Å². The zero-order valence-corrected chi connectivity index (χ0v) is 11.4. The van der Waals surface area contributed by atoms with Gasteiger partial charge in [-0.3, -0.25) is 0 Å². The first-order chi connectivity index (χ1) is 8.31. The van der Waals surface area contributed by atoms with Crippen molar-refractivity contribution in [2.45, 2.75) is 40.2 Å². The van der Waals surface area contributed by atoms with Crippen molar-refractivity contribution in [3.05, 3.63) is 23.9 Å². The molecule has 0 saturated heterocycles. The summed E-state index contributed by atoms with van der Waals surface area (Å²) >= 11 is 0. The predicted molar refractivity (Wildman–Crippen MR) is 74.4 cm³/mol. The number of aromatic nitrogens is 1. The number of anilines is 1. The minimum Gasteiger partial charge on any atom is -0.357 e. The van der Waals surface area contributed by atoms with Gasteiger partial charge in [-0.15, -0.1) is 0 Å². The van der Waals surface area contributed by atoms with Crippen molar-refractivity contribution in [1.82, 2.24) is 10.3 Å². The molecule has 0 unspecified atom stereocenters. The monoisotopic (exact) mass is 235 g/mol. The summed E-state index contributed by atoms with van der Waals surface area (Å²) in [4.78, 5) is 6.82. The second-order valence-corrected chi connectivity index (χ2v) is 4.24. The summed E-state index contributed by atoms with van der Waals surface area (Å²) in [5.74, 6) is 1.11. The summed E-state index contributed by atoms with van der Waals surface area (Å²) in [6.45, 7) is 10.6. The summed E-state index contributed by atoms with van der Waals surface area (Å²) < 4.78 is 0. The van der Waals surface area contributed by atoms with Crippen LogP contribution in [0.5, 0.6) is 0 Å². The van der Waals surface area contributed by atoms with Crippen LogP contribution in [0.2, 0.25) is 0 Å². The molecule has 17 heavy (non-hydrogen) atoms. The molecule has 0 amide bonds. The predicted octanol–water partition coefficient (Wildman–Crippen LogP) is 2.82. The summed E-state index contributed by atoms with van der Waals surface area (Å²) in [6.07, 6.45) is 4.37. The van der Waals surface area contributed by atoms with Gasteiger partial charge in [0.25, 0.3) is 0 Å². The Morgan fingerprint density at radius 1 is 1.29 bits per heavy atom. The largest absolute Gasteiger partial charge is 0.357 e. The molecule has 3 heteroatoms. The van der Waals surface area contributed by atoms with E-state index in [9.17, 15) is 0 Å². The van der Waals surface area contributed by atoms with Gasteiger partial charge in [-0.1, -0.05) is 20.3 Å². The molecule has 1 heterocycles. The third-order valence-corrected chi connectivity index (χ3v) is 2.88. The molecule has 0 atom stereocenters. The lowest BCUT2D eigenvalue weighted by atomic mass is 10.2. The molecule has 0 radical (unpaired) electrons. The van der Waals surface area contributed by atoms with Crippen LogP contribution >= 0.6 is 0 Å². The van der Waals surface area contributed by atoms with E-state index in [2.05, 4.69) is 48.1 Å². The molecule has 1 N–H and O–H groups in total. The smallest absolute Gasteiger partial charge is 0.128 e. The minimum atomic E-state index is 0.928. The van der Waals surface area contributed by atoms with Gasteiger partial charge in [-0.05, 0) is 37.6 Å². The molecule has 1 aromatic rings. The summed E-state index contributed by atoms with van der Waals surface area (Å²) in [6, 6.07) is 4.28. The lowest BCUT2D eigenvalue weighted by Gasteiger charge is -2.22. The van der Waals surface area contributed by atoms with Crippen LogP contribution in [-0.4, -0.2) is 24.6 Å². The molecule has 0 bridgehead atoms. The quantitative estimate of drug-likeness (QED) is 0.751. The van der Waals surface area contributed by atoms with Gasteiger partial charge in [0.05, 0.1) is 0 Å². The maximum absolute atomic E-state index is 4.47. The molecule has 0 spiro atoms. The van der Waals surface area contributed by atoms with Crippen LogP contribution < -0.4 is 10.2 Å². The van der Waals surface area contributed by atoms with Crippen molar-refractivity contribution in [3.63, 3.8) is 0 Å². The minimum absolute atomic E-state index is 0.928. The summed E-state index contributed by atoms with van der Waals surface area (Å²) in [7, 11) is 0. The highest BCUT2D eigenvalue weighted by molar-refractivity contribution is 5.40. The van der Waals surface area contributed by atoms with E-state index in [-0.39, 0.29) is 0 Å². The van der Waals surface area contributed by atoms with E-state index in [0.29, 0.717) is 0 Å². The molecule has 3 nitrogen and oxygen atoms in total. The third-order valence-electron chi connectivity index (χ3n) is 2.88. The second-order valence-electron chi connectivity index (χ2n) is 4.24. The Morgan fingerprint density at radius 3 is 2.76 bits per heavy atom.